The van der Waals surface area contributed by atoms with Crippen molar-refractivity contribution < 1.29 is 28.5 Å². The summed E-state index contributed by atoms with van der Waals surface area (Å²) in [5, 5.41) is 4.56. The number of methoxy groups -OCH3 is 1. The van der Waals surface area contributed by atoms with Crippen molar-refractivity contribution in [1.82, 2.24) is 29.0 Å². The zero-order valence-corrected chi connectivity index (χ0v) is 24.2. The molecular formula is C27H37N7O6. The average molecular weight is 556 g/mol. The van der Waals surface area contributed by atoms with E-state index in [2.05, 4.69) is 10.1 Å². The molecule has 3 aromatic rings. The van der Waals surface area contributed by atoms with Gasteiger partial charge in [0, 0.05) is 37.2 Å². The summed E-state index contributed by atoms with van der Waals surface area (Å²) >= 11 is 0. The molecule has 5 heterocycles. The molecule has 216 valence electrons. The van der Waals surface area contributed by atoms with Crippen molar-refractivity contribution in [2.45, 2.75) is 77.9 Å². The van der Waals surface area contributed by atoms with Gasteiger partial charge in [0.1, 0.15) is 23.0 Å². The van der Waals surface area contributed by atoms with Crippen LogP contribution in [0, 0.1) is 0 Å². The standard InChI is InChI=1S/C27H37N7O6/c1-16-19(38-25(36)40-27(5,6)7)15-33(16)22-21-28-9-10-32(21)23(37-8)20(30-22)17-11-29-34(12-17)18-13-31(14-18)24(35)39-26(2,3)4/h9-12,16,18-19H,13-15H2,1-8H3/t16-,19+/m0/s1. The average Bonchev–Trinajstić information content (AvgIpc) is 3.47. The number of ether oxygens (including phenoxy) is 4. The Hall–Kier alpha value is -4.03. The maximum absolute atomic E-state index is 12.3. The van der Waals surface area contributed by atoms with Gasteiger partial charge in [-0.1, -0.05) is 0 Å². The van der Waals surface area contributed by atoms with Crippen LogP contribution in [0.5, 0.6) is 5.88 Å². The van der Waals surface area contributed by atoms with Gasteiger partial charge in [0.15, 0.2) is 11.5 Å². The van der Waals surface area contributed by atoms with Gasteiger partial charge in [-0.25, -0.2) is 19.6 Å². The molecule has 0 unspecified atom stereocenters. The molecule has 5 rings (SSSR count). The van der Waals surface area contributed by atoms with Gasteiger partial charge in [-0.15, -0.1) is 0 Å². The van der Waals surface area contributed by atoms with Crippen LogP contribution in [0.3, 0.4) is 0 Å². The number of aromatic nitrogens is 5. The second kappa shape index (κ2) is 9.86. The Bertz CT molecular complexity index is 1410. The van der Waals surface area contributed by atoms with Gasteiger partial charge in [0.05, 0.1) is 31.9 Å². The lowest BCUT2D eigenvalue weighted by molar-refractivity contribution is -0.0413. The van der Waals surface area contributed by atoms with Crippen LogP contribution < -0.4 is 9.64 Å². The van der Waals surface area contributed by atoms with Crippen molar-refractivity contribution in [2.75, 3.05) is 31.6 Å². The van der Waals surface area contributed by atoms with E-state index >= 15 is 0 Å². The minimum atomic E-state index is -0.688. The number of likely N-dealkylation sites (tertiary alicyclic amines) is 1. The summed E-state index contributed by atoms with van der Waals surface area (Å²) < 4.78 is 25.8. The monoisotopic (exact) mass is 555 g/mol. The number of amides is 1. The third-order valence-corrected chi connectivity index (χ3v) is 6.75. The predicted molar refractivity (Wildman–Crippen MR) is 146 cm³/mol. The first-order valence-corrected chi connectivity index (χ1v) is 13.3. The van der Waals surface area contributed by atoms with Gasteiger partial charge < -0.3 is 28.7 Å². The maximum atomic E-state index is 12.3. The zero-order valence-electron chi connectivity index (χ0n) is 24.2. The number of carbonyl (C=O) groups is 2. The molecule has 2 aliphatic rings. The first-order valence-electron chi connectivity index (χ1n) is 13.3. The molecule has 0 aromatic carbocycles. The van der Waals surface area contributed by atoms with E-state index in [4.69, 9.17) is 23.9 Å². The first kappa shape index (κ1) is 27.5. The van der Waals surface area contributed by atoms with Crippen LogP contribution in [-0.2, 0) is 14.2 Å². The van der Waals surface area contributed by atoms with Crippen LogP contribution in [0.1, 0.15) is 54.5 Å². The van der Waals surface area contributed by atoms with Gasteiger partial charge in [-0.2, -0.15) is 5.10 Å². The van der Waals surface area contributed by atoms with Crippen molar-refractivity contribution in [1.29, 1.82) is 0 Å². The van der Waals surface area contributed by atoms with Crippen LogP contribution in [-0.4, -0.2) is 91.4 Å². The number of rotatable bonds is 5. The number of hydrogen-bond acceptors (Lipinski definition) is 10. The Morgan fingerprint density at radius 2 is 1.73 bits per heavy atom. The molecule has 13 heteroatoms. The third-order valence-electron chi connectivity index (χ3n) is 6.75. The number of anilines is 1. The van der Waals surface area contributed by atoms with Crippen molar-refractivity contribution >= 4 is 23.7 Å². The molecule has 2 atom stereocenters. The molecule has 2 aliphatic heterocycles. The van der Waals surface area contributed by atoms with E-state index in [0.717, 1.165) is 5.56 Å². The Balaban J connectivity index is 1.35. The van der Waals surface area contributed by atoms with Crippen LogP contribution in [0.4, 0.5) is 15.4 Å². The third kappa shape index (κ3) is 5.36. The van der Waals surface area contributed by atoms with Gasteiger partial charge in [-0.05, 0) is 48.5 Å². The fourth-order valence-corrected chi connectivity index (χ4v) is 4.67. The quantitative estimate of drug-likeness (QED) is 0.428. The number of hydrogen-bond donors (Lipinski definition) is 0. The van der Waals surface area contributed by atoms with E-state index in [9.17, 15) is 9.59 Å². The highest BCUT2D eigenvalue weighted by Gasteiger charge is 2.42. The lowest BCUT2D eigenvalue weighted by atomic mass is 10.0. The first-order chi connectivity index (χ1) is 18.7. The minimum absolute atomic E-state index is 0.0323. The summed E-state index contributed by atoms with van der Waals surface area (Å²) in [5.41, 5.74) is 0.821. The largest absolute Gasteiger partial charge is 0.509 e. The lowest BCUT2D eigenvalue weighted by Crippen LogP contribution is -2.61. The zero-order chi connectivity index (χ0) is 29.0. The van der Waals surface area contributed by atoms with Crippen LogP contribution in [0.15, 0.2) is 24.8 Å². The van der Waals surface area contributed by atoms with E-state index in [0.29, 0.717) is 42.7 Å². The lowest BCUT2D eigenvalue weighted by Gasteiger charge is -2.45. The molecule has 0 aliphatic carbocycles. The van der Waals surface area contributed by atoms with Crippen LogP contribution in [0.2, 0.25) is 0 Å². The van der Waals surface area contributed by atoms with E-state index in [-0.39, 0.29) is 24.3 Å². The number of imidazole rings is 1. The van der Waals surface area contributed by atoms with Crippen molar-refractivity contribution in [3.05, 3.63) is 24.8 Å². The van der Waals surface area contributed by atoms with Gasteiger partial charge in [0.25, 0.3) is 0 Å². The molecule has 2 saturated heterocycles. The van der Waals surface area contributed by atoms with Crippen molar-refractivity contribution in [2.24, 2.45) is 0 Å². The SMILES string of the molecule is COc1c(-c2cnn(C3CN(C(=O)OC(C)(C)C)C3)c2)nc(N2C[C@@H](OC(=O)OC(C)(C)C)[C@@H]2C)c2nccn12. The molecule has 13 nitrogen and oxygen atoms in total. The summed E-state index contributed by atoms with van der Waals surface area (Å²) in [6.45, 7) is 14.4. The van der Waals surface area contributed by atoms with E-state index in [1.165, 1.54) is 0 Å². The van der Waals surface area contributed by atoms with E-state index < -0.39 is 17.4 Å². The molecule has 2 fully saturated rings. The normalized spacial score (nSPS) is 19.7. The molecule has 0 saturated carbocycles. The topological polar surface area (TPSA) is 126 Å². The summed E-state index contributed by atoms with van der Waals surface area (Å²) in [7, 11) is 1.59. The molecule has 40 heavy (non-hydrogen) atoms. The maximum Gasteiger partial charge on any atom is 0.509 e. The molecule has 0 spiro atoms. The van der Waals surface area contributed by atoms with E-state index in [1.54, 1.807) is 45.2 Å². The summed E-state index contributed by atoms with van der Waals surface area (Å²) in [6, 6.07) is -0.108. The van der Waals surface area contributed by atoms with Gasteiger partial charge in [0.2, 0.25) is 5.88 Å². The Morgan fingerprint density at radius 1 is 1.02 bits per heavy atom. The fourth-order valence-electron chi connectivity index (χ4n) is 4.67. The Morgan fingerprint density at radius 3 is 2.35 bits per heavy atom. The number of carbonyl (C=O) groups excluding carboxylic acids is 2. The van der Waals surface area contributed by atoms with E-state index in [1.807, 2.05) is 54.1 Å². The van der Waals surface area contributed by atoms with Gasteiger partial charge in [-0.3, -0.25) is 9.08 Å². The predicted octanol–water partition coefficient (Wildman–Crippen LogP) is 3.92. The minimum Gasteiger partial charge on any atom is -0.480 e. The molecule has 0 radical (unpaired) electrons. The van der Waals surface area contributed by atoms with Gasteiger partial charge >= 0.3 is 12.2 Å². The highest BCUT2D eigenvalue weighted by molar-refractivity contribution is 5.75. The smallest absolute Gasteiger partial charge is 0.480 e. The highest BCUT2D eigenvalue weighted by atomic mass is 16.7. The number of nitrogens with zero attached hydrogens (tertiary/aromatic N) is 7. The Labute approximate surface area is 233 Å². The molecule has 1 amide bonds. The molecule has 3 aromatic heterocycles. The second-order valence-corrected chi connectivity index (χ2v) is 12.2. The van der Waals surface area contributed by atoms with Crippen molar-refractivity contribution in [3.8, 4) is 17.1 Å². The second-order valence-electron chi connectivity index (χ2n) is 12.2. The molecular weight excluding hydrogens is 518 g/mol. The summed E-state index contributed by atoms with van der Waals surface area (Å²) in [4.78, 5) is 37.7. The fraction of sp³-hybridized carbons (Fsp3) is 0.593. The highest BCUT2D eigenvalue weighted by Crippen LogP contribution is 2.37. The van der Waals surface area contributed by atoms with Crippen LogP contribution in [0.25, 0.3) is 16.9 Å². The Kier molecular flexibility index (Phi) is 6.79. The summed E-state index contributed by atoms with van der Waals surface area (Å²) in [5.74, 6) is 1.17. The van der Waals surface area contributed by atoms with Crippen LogP contribution >= 0.6 is 0 Å². The number of fused-ring (bicyclic) bond motifs is 1. The molecule has 0 N–H and O–H groups in total. The van der Waals surface area contributed by atoms with Crippen molar-refractivity contribution in [3.63, 3.8) is 0 Å². The summed E-state index contributed by atoms with van der Waals surface area (Å²) in [6.07, 6.45) is 5.79. The molecule has 0 bridgehead atoms.